The predicted octanol–water partition coefficient (Wildman–Crippen LogP) is 4.04. The van der Waals surface area contributed by atoms with Gasteiger partial charge in [-0.25, -0.2) is 15.4 Å². The van der Waals surface area contributed by atoms with Crippen LogP contribution in [0.15, 0.2) is 54.3 Å². The van der Waals surface area contributed by atoms with E-state index in [0.29, 0.717) is 55.4 Å². The number of pyridine rings is 2. The van der Waals surface area contributed by atoms with Gasteiger partial charge in [0.1, 0.15) is 11.6 Å². The second-order valence-electron chi connectivity index (χ2n) is 13.8. The zero-order valence-electron chi connectivity index (χ0n) is 31.5. The lowest BCUT2D eigenvalue weighted by Gasteiger charge is -2.38. The third-order valence-electron chi connectivity index (χ3n) is 9.56. The minimum atomic E-state index is -0.480. The van der Waals surface area contributed by atoms with Gasteiger partial charge >= 0.3 is 0 Å². The SMILES string of the molecule is C=CC(=O)Nc1c(C(=O)NCc2c(C)cc(C)nc2N)cc(-c2ccc(N3CCN(C)CC3)nc2)cc1N(CCC(=O)NN=C(C)C)C1CCOCC1. The number of carbonyl (C=O) groups is 3. The van der Waals surface area contributed by atoms with Gasteiger partial charge < -0.3 is 35.8 Å². The van der Waals surface area contributed by atoms with Gasteiger partial charge in [0.05, 0.1) is 16.9 Å². The van der Waals surface area contributed by atoms with Crippen LogP contribution in [0, 0.1) is 13.8 Å². The Morgan fingerprint density at radius 2 is 1.81 bits per heavy atom. The van der Waals surface area contributed by atoms with Crippen LogP contribution >= 0.6 is 0 Å². The quantitative estimate of drug-likeness (QED) is 0.115. The highest BCUT2D eigenvalue weighted by Gasteiger charge is 2.29. The minimum Gasteiger partial charge on any atom is -0.383 e. The molecule has 2 aliphatic rings. The largest absolute Gasteiger partial charge is 0.383 e. The molecule has 0 spiro atoms. The minimum absolute atomic E-state index is 0.0441. The van der Waals surface area contributed by atoms with Gasteiger partial charge in [0.25, 0.3) is 5.91 Å². The Bertz CT molecular complexity index is 1800. The first-order valence-electron chi connectivity index (χ1n) is 18.1. The number of aromatic nitrogens is 2. The highest BCUT2D eigenvalue weighted by molar-refractivity contribution is 6.10. The van der Waals surface area contributed by atoms with Crippen molar-refractivity contribution in [2.45, 2.75) is 59.5 Å². The van der Waals surface area contributed by atoms with Crippen LogP contribution in [-0.4, -0.2) is 97.3 Å². The summed E-state index contributed by atoms with van der Waals surface area (Å²) < 4.78 is 5.71. The summed E-state index contributed by atoms with van der Waals surface area (Å²) in [5, 5.41) is 10.1. The third kappa shape index (κ3) is 10.2. The number of rotatable bonds is 13. The van der Waals surface area contributed by atoms with E-state index >= 15 is 0 Å². The summed E-state index contributed by atoms with van der Waals surface area (Å²) in [4.78, 5) is 56.2. The number of anilines is 4. The van der Waals surface area contributed by atoms with Crippen molar-refractivity contribution in [3.05, 3.63) is 71.6 Å². The number of nitrogens with zero attached hydrogens (tertiary/aromatic N) is 6. The van der Waals surface area contributed by atoms with Crippen LogP contribution in [0.5, 0.6) is 0 Å². The van der Waals surface area contributed by atoms with Crippen molar-refractivity contribution in [2.24, 2.45) is 5.10 Å². The predicted molar refractivity (Wildman–Crippen MR) is 210 cm³/mol. The Morgan fingerprint density at radius 3 is 2.45 bits per heavy atom. The summed E-state index contributed by atoms with van der Waals surface area (Å²) in [5.74, 6) is 0.0695. The number of ether oxygens (including phenoxy) is 1. The molecule has 0 radical (unpaired) electrons. The normalized spacial score (nSPS) is 15.0. The smallest absolute Gasteiger partial charge is 0.253 e. The fourth-order valence-electron chi connectivity index (χ4n) is 6.62. The average molecular weight is 725 g/mol. The van der Waals surface area contributed by atoms with Crippen molar-refractivity contribution < 1.29 is 19.1 Å². The zero-order valence-corrected chi connectivity index (χ0v) is 31.5. The fraction of sp³-hybridized carbons (Fsp3) is 0.436. The molecule has 53 heavy (non-hydrogen) atoms. The molecule has 5 N–H and O–H groups in total. The van der Waals surface area contributed by atoms with Gasteiger partial charge in [-0.3, -0.25) is 14.4 Å². The monoisotopic (exact) mass is 724 g/mol. The molecule has 2 aromatic heterocycles. The van der Waals surface area contributed by atoms with Gasteiger partial charge in [-0.05, 0) is 95.1 Å². The van der Waals surface area contributed by atoms with Crippen LogP contribution in [-0.2, 0) is 20.9 Å². The average Bonchev–Trinajstić information content (AvgIpc) is 3.14. The van der Waals surface area contributed by atoms with Gasteiger partial charge in [-0.1, -0.05) is 6.58 Å². The molecule has 2 saturated heterocycles. The first-order chi connectivity index (χ1) is 25.4. The molecule has 3 aromatic rings. The van der Waals surface area contributed by atoms with Crippen molar-refractivity contribution in [3.63, 3.8) is 0 Å². The second kappa shape index (κ2) is 17.9. The molecule has 0 unspecified atom stereocenters. The number of nitrogens with two attached hydrogens (primary N) is 1. The summed E-state index contributed by atoms with van der Waals surface area (Å²) in [7, 11) is 2.12. The Balaban J connectivity index is 1.61. The van der Waals surface area contributed by atoms with Crippen LogP contribution in [0.2, 0.25) is 0 Å². The van der Waals surface area contributed by atoms with E-state index in [-0.39, 0.29) is 30.5 Å². The number of piperazine rings is 1. The molecule has 0 bridgehead atoms. The van der Waals surface area contributed by atoms with E-state index in [4.69, 9.17) is 15.5 Å². The van der Waals surface area contributed by atoms with E-state index in [9.17, 15) is 14.4 Å². The Morgan fingerprint density at radius 1 is 1.08 bits per heavy atom. The first-order valence-corrected chi connectivity index (χ1v) is 18.1. The molecule has 2 fully saturated rings. The zero-order chi connectivity index (χ0) is 38.1. The van der Waals surface area contributed by atoms with E-state index in [1.54, 1.807) is 19.9 Å². The summed E-state index contributed by atoms with van der Waals surface area (Å²) >= 11 is 0. The number of hydrogen-bond acceptors (Lipinski definition) is 11. The highest BCUT2D eigenvalue weighted by Crippen LogP contribution is 2.38. The lowest BCUT2D eigenvalue weighted by molar-refractivity contribution is -0.121. The van der Waals surface area contributed by atoms with E-state index in [0.717, 1.165) is 60.1 Å². The Kier molecular flexibility index (Phi) is 13.2. The molecular formula is C39H52N10O4. The highest BCUT2D eigenvalue weighted by atomic mass is 16.5. The molecule has 0 aliphatic carbocycles. The van der Waals surface area contributed by atoms with Crippen molar-refractivity contribution in [1.29, 1.82) is 0 Å². The van der Waals surface area contributed by atoms with Crippen molar-refractivity contribution >= 4 is 46.4 Å². The van der Waals surface area contributed by atoms with Gasteiger partial charge in [0.15, 0.2) is 0 Å². The maximum absolute atomic E-state index is 14.3. The Labute approximate surface area is 311 Å². The number of carbonyl (C=O) groups excluding carboxylic acids is 3. The summed E-state index contributed by atoms with van der Waals surface area (Å²) in [6.45, 7) is 16.2. The van der Waals surface area contributed by atoms with Crippen molar-refractivity contribution in [1.82, 2.24) is 25.6 Å². The van der Waals surface area contributed by atoms with Crippen molar-refractivity contribution in [2.75, 3.05) is 73.8 Å². The molecule has 14 heteroatoms. The van der Waals surface area contributed by atoms with E-state index in [2.05, 4.69) is 54.5 Å². The van der Waals surface area contributed by atoms with Crippen LogP contribution in [0.3, 0.4) is 0 Å². The lowest BCUT2D eigenvalue weighted by Crippen LogP contribution is -2.44. The van der Waals surface area contributed by atoms with Gasteiger partial charge in [-0.2, -0.15) is 5.10 Å². The van der Waals surface area contributed by atoms with Crippen LogP contribution < -0.4 is 31.6 Å². The molecular weight excluding hydrogens is 672 g/mol. The molecule has 0 saturated carbocycles. The maximum Gasteiger partial charge on any atom is 0.253 e. The van der Waals surface area contributed by atoms with Crippen molar-refractivity contribution in [3.8, 4) is 11.1 Å². The molecule has 5 rings (SSSR count). The molecule has 4 heterocycles. The number of benzene rings is 1. The summed E-state index contributed by atoms with van der Waals surface area (Å²) in [6.07, 6.45) is 4.48. The molecule has 1 aromatic carbocycles. The van der Waals surface area contributed by atoms with Gasteiger partial charge in [0.2, 0.25) is 11.8 Å². The van der Waals surface area contributed by atoms with Crippen LogP contribution in [0.25, 0.3) is 11.1 Å². The number of likely N-dealkylation sites (N-methyl/N-ethyl adjacent to an activating group) is 1. The molecule has 2 aliphatic heterocycles. The number of amides is 3. The number of hydrazone groups is 1. The fourth-order valence-corrected chi connectivity index (χ4v) is 6.62. The topological polar surface area (TPSA) is 170 Å². The number of nitrogen functional groups attached to an aromatic ring is 1. The summed E-state index contributed by atoms with van der Waals surface area (Å²) in [6, 6.07) is 9.59. The van der Waals surface area contributed by atoms with Gasteiger partial charge in [-0.15, -0.1) is 0 Å². The molecule has 282 valence electrons. The first kappa shape index (κ1) is 38.9. The maximum atomic E-state index is 14.3. The second-order valence-corrected chi connectivity index (χ2v) is 13.8. The van der Waals surface area contributed by atoms with Gasteiger partial charge in [0, 0.05) is 93.7 Å². The van der Waals surface area contributed by atoms with Crippen LogP contribution in [0.1, 0.15) is 60.3 Å². The number of hydrogen-bond donors (Lipinski definition) is 4. The van der Waals surface area contributed by atoms with E-state index in [1.807, 2.05) is 44.3 Å². The Hall–Kier alpha value is -5.34. The molecule has 14 nitrogen and oxygen atoms in total. The standard InChI is InChI=1S/C39H52N10O4/c1-7-35(50)44-37-31(39(52)42-24-32-26(4)20-27(5)43-38(32)40)21-29(28-8-9-34(41-23-28)48-16-14-47(6)15-17-48)22-33(37)49(30-11-18-53-19-12-30)13-10-36(51)46-45-25(2)3/h7-9,20-23,30H,1,10-19,24H2,2-6H3,(H2,40,43)(H,42,52)(H,44,50)(H,46,51). The third-order valence-corrected chi connectivity index (χ3v) is 9.56. The van der Waals surface area contributed by atoms with E-state index < -0.39 is 11.8 Å². The number of aryl methyl sites for hydroxylation is 2. The summed E-state index contributed by atoms with van der Waals surface area (Å²) in [5.41, 5.74) is 14.7. The molecule has 3 amide bonds. The van der Waals surface area contributed by atoms with E-state index in [1.165, 1.54) is 6.08 Å². The molecule has 0 atom stereocenters. The van der Waals surface area contributed by atoms with Crippen LogP contribution in [0.4, 0.5) is 23.0 Å². The lowest BCUT2D eigenvalue weighted by atomic mass is 9.97. The number of nitrogens with one attached hydrogen (secondary N) is 3.